The van der Waals surface area contributed by atoms with Crippen molar-refractivity contribution in [1.82, 2.24) is 5.32 Å². The molecule has 1 N–H and O–H groups in total. The van der Waals surface area contributed by atoms with Gasteiger partial charge >= 0.3 is 0 Å². The third kappa shape index (κ3) is 5.68. The zero-order valence-electron chi connectivity index (χ0n) is 10.0. The van der Waals surface area contributed by atoms with Crippen molar-refractivity contribution in [3.8, 4) is 0 Å². The molecule has 0 aliphatic carbocycles. The normalized spacial score (nSPS) is 14.1. The van der Waals surface area contributed by atoms with Crippen molar-refractivity contribution in [2.75, 3.05) is 0 Å². The topological polar surface area (TPSA) is 29.1 Å². The van der Waals surface area contributed by atoms with Gasteiger partial charge in [0.1, 0.15) is 5.82 Å². The summed E-state index contributed by atoms with van der Waals surface area (Å²) in [7, 11) is 0. The van der Waals surface area contributed by atoms with Gasteiger partial charge in [-0.25, -0.2) is 4.39 Å². The maximum atomic E-state index is 12.9. The first kappa shape index (κ1) is 14.0. The summed E-state index contributed by atoms with van der Waals surface area (Å²) in [4.78, 5) is 11.6. The lowest BCUT2D eigenvalue weighted by Gasteiger charge is -2.14. The molecule has 2 unspecified atom stereocenters. The molecule has 4 heteroatoms. The third-order valence-corrected chi connectivity index (χ3v) is 2.52. The highest BCUT2D eigenvalue weighted by molar-refractivity contribution is 6.20. The summed E-state index contributed by atoms with van der Waals surface area (Å²) < 4.78 is 12.9. The summed E-state index contributed by atoms with van der Waals surface area (Å²) >= 11 is 5.84. The molecule has 0 aliphatic rings. The molecule has 0 spiro atoms. The number of carbonyl (C=O) groups is 1. The fraction of sp³-hybridized carbons (Fsp3) is 0.462. The van der Waals surface area contributed by atoms with Gasteiger partial charge in [0.25, 0.3) is 0 Å². The van der Waals surface area contributed by atoms with E-state index in [1.54, 1.807) is 12.1 Å². The first-order valence-electron chi connectivity index (χ1n) is 5.65. The van der Waals surface area contributed by atoms with Crippen LogP contribution in [0, 0.1) is 5.82 Å². The largest absolute Gasteiger partial charge is 0.353 e. The lowest BCUT2D eigenvalue weighted by atomic mass is 10.1. The Balaban J connectivity index is 2.44. The van der Waals surface area contributed by atoms with E-state index in [-0.39, 0.29) is 29.6 Å². The van der Waals surface area contributed by atoms with Crippen molar-refractivity contribution in [2.45, 2.75) is 38.1 Å². The van der Waals surface area contributed by atoms with Crippen LogP contribution in [-0.4, -0.2) is 17.3 Å². The molecule has 1 aromatic rings. The molecule has 1 aromatic carbocycles. The number of alkyl halides is 1. The van der Waals surface area contributed by atoms with Crippen LogP contribution in [0.4, 0.5) is 4.39 Å². The van der Waals surface area contributed by atoms with Crippen LogP contribution >= 0.6 is 11.6 Å². The van der Waals surface area contributed by atoms with E-state index in [9.17, 15) is 9.18 Å². The average Bonchev–Trinajstić information content (AvgIpc) is 2.14. The Bertz CT molecular complexity index is 381. The Morgan fingerprint density at radius 3 is 2.76 bits per heavy atom. The van der Waals surface area contributed by atoms with Gasteiger partial charge in [-0.15, -0.1) is 11.6 Å². The molecule has 0 fully saturated rings. The first-order chi connectivity index (χ1) is 7.97. The second-order valence-corrected chi connectivity index (χ2v) is 5.04. The summed E-state index contributed by atoms with van der Waals surface area (Å²) in [6.07, 6.45) is 0.912. The third-order valence-electron chi connectivity index (χ3n) is 2.34. The highest BCUT2D eigenvalue weighted by Gasteiger charge is 2.10. The molecule has 2 atom stereocenters. The number of hydrogen-bond acceptors (Lipinski definition) is 1. The Morgan fingerprint density at radius 2 is 2.18 bits per heavy atom. The predicted molar refractivity (Wildman–Crippen MR) is 67.6 cm³/mol. The van der Waals surface area contributed by atoms with Gasteiger partial charge in [0.05, 0.1) is 6.42 Å². The monoisotopic (exact) mass is 257 g/mol. The van der Waals surface area contributed by atoms with Crippen molar-refractivity contribution in [2.24, 2.45) is 0 Å². The molecule has 0 saturated carbocycles. The minimum Gasteiger partial charge on any atom is -0.353 e. The zero-order chi connectivity index (χ0) is 12.8. The van der Waals surface area contributed by atoms with E-state index in [1.165, 1.54) is 12.1 Å². The molecule has 0 aliphatic heterocycles. The lowest BCUT2D eigenvalue weighted by molar-refractivity contribution is -0.121. The number of hydrogen-bond donors (Lipinski definition) is 1. The van der Waals surface area contributed by atoms with Gasteiger partial charge in [0.2, 0.25) is 5.91 Å². The van der Waals surface area contributed by atoms with E-state index >= 15 is 0 Å². The predicted octanol–water partition coefficient (Wildman–Crippen LogP) is 2.89. The Labute approximate surface area is 106 Å². The van der Waals surface area contributed by atoms with Gasteiger partial charge < -0.3 is 5.32 Å². The maximum Gasteiger partial charge on any atom is 0.224 e. The Kier molecular flexibility index (Phi) is 5.42. The molecule has 0 bridgehead atoms. The molecule has 1 amide bonds. The molecular formula is C13H17ClFNO. The maximum absolute atomic E-state index is 12.9. The fourth-order valence-electron chi connectivity index (χ4n) is 1.70. The number of benzene rings is 1. The molecule has 2 nitrogen and oxygen atoms in total. The smallest absolute Gasteiger partial charge is 0.224 e. The minimum absolute atomic E-state index is 0.0273. The number of halogens is 2. The van der Waals surface area contributed by atoms with Gasteiger partial charge in [0.15, 0.2) is 0 Å². The summed E-state index contributed by atoms with van der Waals surface area (Å²) in [5.74, 6) is -0.432. The van der Waals surface area contributed by atoms with Crippen LogP contribution in [0.5, 0.6) is 0 Å². The van der Waals surface area contributed by atoms with Crippen LogP contribution < -0.4 is 5.32 Å². The number of rotatable bonds is 5. The first-order valence-corrected chi connectivity index (χ1v) is 6.09. The van der Waals surface area contributed by atoms with E-state index in [4.69, 9.17) is 11.6 Å². The summed E-state index contributed by atoms with van der Waals surface area (Å²) in [5.41, 5.74) is 0.675. The summed E-state index contributed by atoms with van der Waals surface area (Å²) in [5, 5.41) is 2.86. The molecule has 0 saturated heterocycles. The van der Waals surface area contributed by atoms with E-state index in [2.05, 4.69) is 5.32 Å². The van der Waals surface area contributed by atoms with Crippen LogP contribution in [0.15, 0.2) is 24.3 Å². The van der Waals surface area contributed by atoms with Crippen molar-refractivity contribution in [3.05, 3.63) is 35.6 Å². The molecule has 94 valence electrons. The van der Waals surface area contributed by atoms with Crippen molar-refractivity contribution < 1.29 is 9.18 Å². The summed E-state index contributed by atoms with van der Waals surface area (Å²) in [6, 6.07) is 6.09. The standard InChI is InChI=1S/C13H17ClFNO/c1-9(14)6-10(2)16-13(17)8-11-4-3-5-12(15)7-11/h3-5,7,9-10H,6,8H2,1-2H3,(H,16,17). The van der Waals surface area contributed by atoms with Crippen molar-refractivity contribution in [3.63, 3.8) is 0 Å². The van der Waals surface area contributed by atoms with E-state index in [0.717, 1.165) is 6.42 Å². The highest BCUT2D eigenvalue weighted by atomic mass is 35.5. The van der Waals surface area contributed by atoms with Crippen LogP contribution in [0.3, 0.4) is 0 Å². The number of carbonyl (C=O) groups excluding carboxylic acids is 1. The quantitative estimate of drug-likeness (QED) is 0.808. The van der Waals surface area contributed by atoms with Gasteiger partial charge in [-0.1, -0.05) is 12.1 Å². The van der Waals surface area contributed by atoms with Crippen molar-refractivity contribution in [1.29, 1.82) is 0 Å². The van der Waals surface area contributed by atoms with E-state index in [1.807, 2.05) is 13.8 Å². The fourth-order valence-corrected chi connectivity index (χ4v) is 1.97. The molecule has 17 heavy (non-hydrogen) atoms. The van der Waals surface area contributed by atoms with Crippen LogP contribution in [0.2, 0.25) is 0 Å². The second kappa shape index (κ2) is 6.60. The average molecular weight is 258 g/mol. The number of nitrogens with one attached hydrogen (secondary N) is 1. The molecule has 0 aromatic heterocycles. The second-order valence-electron chi connectivity index (χ2n) is 4.29. The molecule has 1 rings (SSSR count). The lowest BCUT2D eigenvalue weighted by Crippen LogP contribution is -2.34. The van der Waals surface area contributed by atoms with Gasteiger partial charge in [-0.05, 0) is 38.0 Å². The number of amides is 1. The Morgan fingerprint density at radius 1 is 1.47 bits per heavy atom. The Hall–Kier alpha value is -1.09. The van der Waals surface area contributed by atoms with Crippen LogP contribution in [-0.2, 0) is 11.2 Å². The SMILES string of the molecule is CC(Cl)CC(C)NC(=O)Cc1cccc(F)c1. The van der Waals surface area contributed by atoms with E-state index < -0.39 is 0 Å². The van der Waals surface area contributed by atoms with Gasteiger partial charge in [-0.3, -0.25) is 4.79 Å². The van der Waals surface area contributed by atoms with Gasteiger partial charge in [-0.2, -0.15) is 0 Å². The van der Waals surface area contributed by atoms with Crippen LogP contribution in [0.1, 0.15) is 25.8 Å². The van der Waals surface area contributed by atoms with Crippen LogP contribution in [0.25, 0.3) is 0 Å². The molecule has 0 heterocycles. The van der Waals surface area contributed by atoms with Gasteiger partial charge in [0, 0.05) is 11.4 Å². The van der Waals surface area contributed by atoms with Crippen molar-refractivity contribution >= 4 is 17.5 Å². The minimum atomic E-state index is -0.322. The molecule has 0 radical (unpaired) electrons. The molecular weight excluding hydrogens is 241 g/mol. The zero-order valence-corrected chi connectivity index (χ0v) is 10.8. The van der Waals surface area contributed by atoms with E-state index in [0.29, 0.717) is 5.56 Å². The summed E-state index contributed by atoms with van der Waals surface area (Å²) in [6.45, 7) is 3.79. The highest BCUT2D eigenvalue weighted by Crippen LogP contribution is 2.06.